The lowest BCUT2D eigenvalue weighted by molar-refractivity contribution is 0.108. The van der Waals surface area contributed by atoms with Crippen LogP contribution in [0.15, 0.2) is 0 Å². The smallest absolute Gasteiger partial charge is 0.00700 e. The molecule has 1 heteroatoms. The van der Waals surface area contributed by atoms with Gasteiger partial charge in [0.25, 0.3) is 0 Å². The summed E-state index contributed by atoms with van der Waals surface area (Å²) in [6.07, 6.45) is 18.0. The lowest BCUT2D eigenvalue weighted by Crippen LogP contribution is -2.39. The van der Waals surface area contributed by atoms with Crippen LogP contribution in [0.25, 0.3) is 0 Å². The van der Waals surface area contributed by atoms with Gasteiger partial charge in [0.1, 0.15) is 0 Å². The third-order valence-electron chi connectivity index (χ3n) is 7.65. The second-order valence-electron chi connectivity index (χ2n) is 8.71. The van der Waals surface area contributed by atoms with Gasteiger partial charge in [0, 0.05) is 6.04 Å². The number of nitrogens with two attached hydrogens (primary N) is 1. The van der Waals surface area contributed by atoms with E-state index in [-0.39, 0.29) is 0 Å². The fourth-order valence-corrected chi connectivity index (χ4v) is 6.51. The molecule has 0 saturated heterocycles. The molecular weight excluding hydrogens is 242 g/mol. The predicted octanol–water partition coefficient (Wildman–Crippen LogP) is 4.75. The zero-order valence-electron chi connectivity index (χ0n) is 13.1. The summed E-state index contributed by atoms with van der Waals surface area (Å²) in [5, 5.41) is 0. The highest BCUT2D eigenvalue weighted by Gasteiger charge is 2.41. The fraction of sp³-hybridized carbons (Fsp3) is 1.00. The average Bonchev–Trinajstić information content (AvgIpc) is 3.09. The first kappa shape index (κ1) is 13.6. The first-order valence-corrected chi connectivity index (χ1v) is 9.55. The Morgan fingerprint density at radius 1 is 0.750 bits per heavy atom. The van der Waals surface area contributed by atoms with Crippen LogP contribution >= 0.6 is 0 Å². The van der Waals surface area contributed by atoms with Gasteiger partial charge < -0.3 is 5.73 Å². The Balaban J connectivity index is 1.31. The maximum Gasteiger partial charge on any atom is 0.00700 e. The van der Waals surface area contributed by atoms with Crippen molar-refractivity contribution in [2.75, 3.05) is 0 Å². The van der Waals surface area contributed by atoms with Crippen molar-refractivity contribution < 1.29 is 0 Å². The monoisotopic (exact) mass is 275 g/mol. The Hall–Kier alpha value is -0.0400. The van der Waals surface area contributed by atoms with Gasteiger partial charge in [-0.3, -0.25) is 0 Å². The molecular formula is C19H33N. The quantitative estimate of drug-likeness (QED) is 0.790. The van der Waals surface area contributed by atoms with Crippen molar-refractivity contribution in [1.29, 1.82) is 0 Å². The van der Waals surface area contributed by atoms with E-state index in [0.717, 1.165) is 35.5 Å². The number of hydrogen-bond acceptors (Lipinski definition) is 1. The van der Waals surface area contributed by atoms with Crippen LogP contribution in [0, 0.1) is 35.5 Å². The molecule has 4 aliphatic rings. The van der Waals surface area contributed by atoms with Crippen LogP contribution in [-0.2, 0) is 0 Å². The van der Waals surface area contributed by atoms with E-state index in [1.165, 1.54) is 70.6 Å². The van der Waals surface area contributed by atoms with Crippen LogP contribution in [0.2, 0.25) is 0 Å². The molecule has 0 amide bonds. The number of fused-ring (bicyclic) bond motifs is 3. The molecule has 0 aromatic heterocycles. The molecule has 0 heterocycles. The van der Waals surface area contributed by atoms with Crippen LogP contribution in [0.3, 0.4) is 0 Å². The SMILES string of the molecule is NC(CC1CC2CCC1C2)C1CCC2CCCCC2C1. The number of hydrogen-bond donors (Lipinski definition) is 1. The van der Waals surface area contributed by atoms with Gasteiger partial charge in [-0.25, -0.2) is 0 Å². The average molecular weight is 275 g/mol. The van der Waals surface area contributed by atoms with Crippen LogP contribution in [-0.4, -0.2) is 6.04 Å². The molecule has 0 aliphatic heterocycles. The minimum atomic E-state index is 0.530. The highest BCUT2D eigenvalue weighted by Crippen LogP contribution is 2.51. The minimum Gasteiger partial charge on any atom is -0.327 e. The molecule has 0 aromatic carbocycles. The van der Waals surface area contributed by atoms with Crippen molar-refractivity contribution in [1.82, 2.24) is 0 Å². The number of rotatable bonds is 3. The molecule has 2 bridgehead atoms. The van der Waals surface area contributed by atoms with Gasteiger partial charge in [0.15, 0.2) is 0 Å². The van der Waals surface area contributed by atoms with Crippen molar-refractivity contribution >= 4 is 0 Å². The van der Waals surface area contributed by atoms with Gasteiger partial charge in [-0.05, 0) is 80.5 Å². The van der Waals surface area contributed by atoms with E-state index in [1.54, 1.807) is 6.42 Å². The van der Waals surface area contributed by atoms with E-state index in [0.29, 0.717) is 6.04 Å². The summed E-state index contributed by atoms with van der Waals surface area (Å²) in [4.78, 5) is 0. The summed E-state index contributed by atoms with van der Waals surface area (Å²) >= 11 is 0. The van der Waals surface area contributed by atoms with E-state index in [4.69, 9.17) is 5.73 Å². The topological polar surface area (TPSA) is 26.0 Å². The van der Waals surface area contributed by atoms with Crippen LogP contribution < -0.4 is 5.73 Å². The van der Waals surface area contributed by atoms with E-state index in [1.807, 2.05) is 0 Å². The van der Waals surface area contributed by atoms with E-state index < -0.39 is 0 Å². The van der Waals surface area contributed by atoms with Gasteiger partial charge >= 0.3 is 0 Å². The fourth-order valence-electron chi connectivity index (χ4n) is 6.51. The summed E-state index contributed by atoms with van der Waals surface area (Å²) in [5.74, 6) is 6.16. The standard InChI is InChI=1S/C19H33N/c20-19(12-18-10-13-5-6-16(18)9-13)17-8-7-14-3-1-2-4-15(14)11-17/h13-19H,1-12,20H2. The summed E-state index contributed by atoms with van der Waals surface area (Å²) in [7, 11) is 0. The van der Waals surface area contributed by atoms with Gasteiger partial charge in [0.2, 0.25) is 0 Å². The molecule has 7 atom stereocenters. The third-order valence-corrected chi connectivity index (χ3v) is 7.65. The molecule has 114 valence electrons. The molecule has 4 rings (SSSR count). The first-order chi connectivity index (χ1) is 9.79. The molecule has 0 spiro atoms. The molecule has 2 N–H and O–H groups in total. The van der Waals surface area contributed by atoms with Gasteiger partial charge in [0.05, 0.1) is 0 Å². The second kappa shape index (κ2) is 5.63. The minimum absolute atomic E-state index is 0.530. The summed E-state index contributed by atoms with van der Waals surface area (Å²) in [6, 6.07) is 0.530. The Kier molecular flexibility index (Phi) is 3.83. The largest absolute Gasteiger partial charge is 0.327 e. The Morgan fingerprint density at radius 2 is 1.55 bits per heavy atom. The van der Waals surface area contributed by atoms with E-state index >= 15 is 0 Å². The van der Waals surface area contributed by atoms with Crippen molar-refractivity contribution in [3.8, 4) is 0 Å². The van der Waals surface area contributed by atoms with Crippen molar-refractivity contribution in [2.45, 2.75) is 83.1 Å². The van der Waals surface area contributed by atoms with Crippen LogP contribution in [0.4, 0.5) is 0 Å². The highest BCUT2D eigenvalue weighted by atomic mass is 14.7. The van der Waals surface area contributed by atoms with Crippen molar-refractivity contribution in [3.05, 3.63) is 0 Å². The highest BCUT2D eigenvalue weighted by molar-refractivity contribution is 4.94. The van der Waals surface area contributed by atoms with Crippen molar-refractivity contribution in [2.24, 2.45) is 41.2 Å². The van der Waals surface area contributed by atoms with E-state index in [2.05, 4.69) is 0 Å². The molecule has 4 aliphatic carbocycles. The molecule has 4 saturated carbocycles. The zero-order chi connectivity index (χ0) is 13.5. The van der Waals surface area contributed by atoms with Gasteiger partial charge in [-0.15, -0.1) is 0 Å². The lowest BCUT2D eigenvalue weighted by atomic mass is 9.65. The molecule has 4 fully saturated rings. The van der Waals surface area contributed by atoms with Gasteiger partial charge in [-0.1, -0.05) is 32.1 Å². The van der Waals surface area contributed by atoms with E-state index in [9.17, 15) is 0 Å². The molecule has 7 unspecified atom stereocenters. The van der Waals surface area contributed by atoms with Crippen molar-refractivity contribution in [3.63, 3.8) is 0 Å². The molecule has 0 aromatic rings. The van der Waals surface area contributed by atoms with Gasteiger partial charge in [-0.2, -0.15) is 0 Å². The summed E-state index contributed by atoms with van der Waals surface area (Å²) < 4.78 is 0. The third kappa shape index (κ3) is 2.56. The summed E-state index contributed by atoms with van der Waals surface area (Å²) in [5.41, 5.74) is 6.68. The Morgan fingerprint density at radius 3 is 2.30 bits per heavy atom. The first-order valence-electron chi connectivity index (χ1n) is 9.55. The zero-order valence-corrected chi connectivity index (χ0v) is 13.1. The maximum atomic E-state index is 6.68. The lowest BCUT2D eigenvalue weighted by Gasteiger charge is -2.42. The van der Waals surface area contributed by atoms with Crippen LogP contribution in [0.5, 0.6) is 0 Å². The predicted molar refractivity (Wildman–Crippen MR) is 84.3 cm³/mol. The molecule has 0 radical (unpaired) electrons. The van der Waals surface area contributed by atoms with Crippen LogP contribution in [0.1, 0.15) is 77.0 Å². The normalized spacial score (nSPS) is 49.0. The second-order valence-corrected chi connectivity index (χ2v) is 8.71. The Bertz CT molecular complexity index is 339. The maximum absolute atomic E-state index is 6.68. The summed E-state index contributed by atoms with van der Waals surface area (Å²) in [6.45, 7) is 0. The molecule has 20 heavy (non-hydrogen) atoms. The molecule has 1 nitrogen and oxygen atoms in total. The Labute approximate surface area is 125 Å².